The minimum Gasteiger partial charge on any atom is -0.481 e. The van der Waals surface area contributed by atoms with Crippen molar-refractivity contribution in [3.63, 3.8) is 0 Å². The standard InChI is InChI=1S/C17H25N3O2/c1-4-5-6-16-18-14-11-13(12-17(21)22)7-8-15(14)20(16)10-9-19(2)3/h7-8,11H,4-6,9-10,12H2,1-3H3,(H,21,22). The molecule has 0 saturated carbocycles. The van der Waals surface area contributed by atoms with E-state index in [4.69, 9.17) is 10.1 Å². The molecule has 0 saturated heterocycles. The van der Waals surface area contributed by atoms with Gasteiger partial charge in [-0.05, 0) is 38.2 Å². The maximum atomic E-state index is 10.9. The number of carboxylic acids is 1. The number of carboxylic acid groups (broad SMARTS) is 1. The van der Waals surface area contributed by atoms with Gasteiger partial charge in [-0.3, -0.25) is 4.79 Å². The van der Waals surface area contributed by atoms with E-state index in [1.807, 2.05) is 18.2 Å². The second-order valence-electron chi connectivity index (χ2n) is 5.98. The quantitative estimate of drug-likeness (QED) is 0.814. The third kappa shape index (κ3) is 4.07. The predicted molar refractivity (Wildman–Crippen MR) is 88.2 cm³/mol. The minimum absolute atomic E-state index is 0.0464. The van der Waals surface area contributed by atoms with Gasteiger partial charge in [0.2, 0.25) is 0 Å². The van der Waals surface area contributed by atoms with Gasteiger partial charge < -0.3 is 14.6 Å². The molecule has 0 amide bonds. The maximum absolute atomic E-state index is 10.9. The molecule has 22 heavy (non-hydrogen) atoms. The summed E-state index contributed by atoms with van der Waals surface area (Å²) in [7, 11) is 4.13. The molecule has 2 rings (SSSR count). The van der Waals surface area contributed by atoms with Gasteiger partial charge in [-0.2, -0.15) is 0 Å². The highest BCUT2D eigenvalue weighted by Crippen LogP contribution is 2.20. The summed E-state index contributed by atoms with van der Waals surface area (Å²) in [5, 5.41) is 8.93. The summed E-state index contributed by atoms with van der Waals surface area (Å²) in [5.74, 6) is 0.295. The second-order valence-corrected chi connectivity index (χ2v) is 5.98. The molecule has 1 aromatic heterocycles. The average Bonchev–Trinajstić information content (AvgIpc) is 2.79. The highest BCUT2D eigenvalue weighted by atomic mass is 16.4. The predicted octanol–water partition coefficient (Wildman–Crippen LogP) is 2.57. The fraction of sp³-hybridized carbons (Fsp3) is 0.529. The number of nitrogens with zero attached hydrogens (tertiary/aromatic N) is 3. The smallest absolute Gasteiger partial charge is 0.307 e. The van der Waals surface area contributed by atoms with Crippen LogP contribution in [-0.4, -0.2) is 46.2 Å². The largest absolute Gasteiger partial charge is 0.481 e. The van der Waals surface area contributed by atoms with Crippen LogP contribution < -0.4 is 0 Å². The molecular formula is C17H25N3O2. The van der Waals surface area contributed by atoms with Crippen LogP contribution >= 0.6 is 0 Å². The molecule has 1 aromatic carbocycles. The van der Waals surface area contributed by atoms with E-state index in [0.29, 0.717) is 0 Å². The second kappa shape index (κ2) is 7.40. The summed E-state index contributed by atoms with van der Waals surface area (Å²) >= 11 is 0. The Morgan fingerprint density at radius 1 is 1.36 bits per heavy atom. The number of aryl methyl sites for hydroxylation is 1. The van der Waals surface area contributed by atoms with Gasteiger partial charge in [0.05, 0.1) is 17.5 Å². The number of benzene rings is 1. The van der Waals surface area contributed by atoms with Crippen molar-refractivity contribution in [2.45, 2.75) is 39.2 Å². The monoisotopic (exact) mass is 303 g/mol. The summed E-state index contributed by atoms with van der Waals surface area (Å²) in [6.07, 6.45) is 3.27. The Balaban J connectivity index is 2.36. The van der Waals surface area contributed by atoms with E-state index in [1.54, 1.807) is 0 Å². The molecule has 0 atom stereocenters. The molecular weight excluding hydrogens is 278 g/mol. The van der Waals surface area contributed by atoms with Gasteiger partial charge in [-0.1, -0.05) is 19.4 Å². The van der Waals surface area contributed by atoms with Gasteiger partial charge in [0.25, 0.3) is 0 Å². The van der Waals surface area contributed by atoms with E-state index in [0.717, 1.165) is 54.8 Å². The highest BCUT2D eigenvalue weighted by Gasteiger charge is 2.12. The summed E-state index contributed by atoms with van der Waals surface area (Å²) in [5.41, 5.74) is 2.81. The third-order valence-electron chi connectivity index (χ3n) is 3.77. The number of likely N-dealkylation sites (N-methyl/N-ethyl adjacent to an activating group) is 1. The van der Waals surface area contributed by atoms with Crippen LogP contribution in [0, 0.1) is 0 Å². The van der Waals surface area contributed by atoms with E-state index in [9.17, 15) is 4.79 Å². The first-order valence-corrected chi connectivity index (χ1v) is 7.85. The zero-order valence-corrected chi connectivity index (χ0v) is 13.7. The zero-order chi connectivity index (χ0) is 16.1. The van der Waals surface area contributed by atoms with Crippen molar-refractivity contribution in [2.75, 3.05) is 20.6 Å². The molecule has 0 radical (unpaired) electrons. The number of fused-ring (bicyclic) bond motifs is 1. The number of hydrogen-bond donors (Lipinski definition) is 1. The molecule has 5 nitrogen and oxygen atoms in total. The van der Waals surface area contributed by atoms with Gasteiger partial charge in [0.1, 0.15) is 5.82 Å². The van der Waals surface area contributed by atoms with Crippen molar-refractivity contribution >= 4 is 17.0 Å². The minimum atomic E-state index is -0.808. The number of imidazole rings is 1. The van der Waals surface area contributed by atoms with Crippen molar-refractivity contribution in [1.82, 2.24) is 14.5 Å². The molecule has 5 heteroatoms. The van der Waals surface area contributed by atoms with Crippen LogP contribution in [0.1, 0.15) is 31.2 Å². The Morgan fingerprint density at radius 3 is 2.77 bits per heavy atom. The molecule has 1 heterocycles. The number of rotatable bonds is 8. The summed E-state index contributed by atoms with van der Waals surface area (Å²) < 4.78 is 2.27. The summed E-state index contributed by atoms with van der Waals surface area (Å²) in [6, 6.07) is 5.81. The van der Waals surface area contributed by atoms with Crippen LogP contribution in [0.25, 0.3) is 11.0 Å². The number of hydrogen-bond acceptors (Lipinski definition) is 3. The molecule has 2 aromatic rings. The fourth-order valence-corrected chi connectivity index (χ4v) is 2.59. The average molecular weight is 303 g/mol. The molecule has 0 fully saturated rings. The van der Waals surface area contributed by atoms with Gasteiger partial charge in [0, 0.05) is 19.5 Å². The van der Waals surface area contributed by atoms with Crippen molar-refractivity contribution in [1.29, 1.82) is 0 Å². The summed E-state index contributed by atoms with van der Waals surface area (Å²) in [4.78, 5) is 17.8. The Kier molecular flexibility index (Phi) is 5.55. The highest BCUT2D eigenvalue weighted by molar-refractivity contribution is 5.79. The van der Waals surface area contributed by atoms with E-state index >= 15 is 0 Å². The molecule has 0 aliphatic carbocycles. The molecule has 0 bridgehead atoms. The van der Waals surface area contributed by atoms with Crippen LogP contribution in [0.2, 0.25) is 0 Å². The van der Waals surface area contributed by atoms with Crippen molar-refractivity contribution in [3.05, 3.63) is 29.6 Å². The number of aromatic nitrogens is 2. The molecule has 0 spiro atoms. The lowest BCUT2D eigenvalue weighted by Gasteiger charge is -2.13. The first kappa shape index (κ1) is 16.5. The lowest BCUT2D eigenvalue weighted by molar-refractivity contribution is -0.136. The molecule has 120 valence electrons. The van der Waals surface area contributed by atoms with E-state index < -0.39 is 5.97 Å². The topological polar surface area (TPSA) is 58.4 Å². The molecule has 0 aliphatic rings. The lowest BCUT2D eigenvalue weighted by atomic mass is 10.1. The zero-order valence-electron chi connectivity index (χ0n) is 13.7. The molecule has 0 unspecified atom stereocenters. The molecule has 1 N–H and O–H groups in total. The van der Waals surface area contributed by atoms with Gasteiger partial charge in [-0.15, -0.1) is 0 Å². The van der Waals surface area contributed by atoms with Crippen LogP contribution in [0.15, 0.2) is 18.2 Å². The maximum Gasteiger partial charge on any atom is 0.307 e. The Hall–Kier alpha value is -1.88. The van der Waals surface area contributed by atoms with Gasteiger partial charge in [0.15, 0.2) is 0 Å². The van der Waals surface area contributed by atoms with Crippen molar-refractivity contribution in [2.24, 2.45) is 0 Å². The van der Waals surface area contributed by atoms with E-state index in [-0.39, 0.29) is 6.42 Å². The first-order valence-electron chi connectivity index (χ1n) is 7.85. The Morgan fingerprint density at radius 2 is 2.14 bits per heavy atom. The van der Waals surface area contributed by atoms with Crippen LogP contribution in [-0.2, 0) is 24.2 Å². The number of unbranched alkanes of at least 4 members (excludes halogenated alkanes) is 1. The SMILES string of the molecule is CCCCc1nc2cc(CC(=O)O)ccc2n1CCN(C)C. The van der Waals surface area contributed by atoms with E-state index in [1.165, 1.54) is 0 Å². The first-order chi connectivity index (χ1) is 10.5. The van der Waals surface area contributed by atoms with Gasteiger partial charge >= 0.3 is 5.97 Å². The Bertz CT molecular complexity index is 647. The molecule has 0 aliphatic heterocycles. The van der Waals surface area contributed by atoms with E-state index in [2.05, 4.69) is 30.5 Å². The normalized spacial score (nSPS) is 11.5. The van der Waals surface area contributed by atoms with Crippen LogP contribution in [0.3, 0.4) is 0 Å². The van der Waals surface area contributed by atoms with Crippen LogP contribution in [0.5, 0.6) is 0 Å². The van der Waals surface area contributed by atoms with Crippen molar-refractivity contribution in [3.8, 4) is 0 Å². The Labute approximate surface area is 131 Å². The summed E-state index contributed by atoms with van der Waals surface area (Å²) in [6.45, 7) is 4.04. The third-order valence-corrected chi connectivity index (χ3v) is 3.77. The fourth-order valence-electron chi connectivity index (χ4n) is 2.59. The van der Waals surface area contributed by atoms with Crippen molar-refractivity contribution < 1.29 is 9.90 Å². The lowest BCUT2D eigenvalue weighted by Crippen LogP contribution is -2.19. The van der Waals surface area contributed by atoms with Crippen LogP contribution in [0.4, 0.5) is 0 Å². The number of aliphatic carboxylic acids is 1. The number of carbonyl (C=O) groups is 1. The van der Waals surface area contributed by atoms with Gasteiger partial charge in [-0.25, -0.2) is 4.98 Å².